The quantitative estimate of drug-likeness (QED) is 0.883. The molecule has 0 fully saturated rings. The van der Waals surface area contributed by atoms with Gasteiger partial charge in [-0.2, -0.15) is 0 Å². The van der Waals surface area contributed by atoms with Crippen molar-refractivity contribution in [2.75, 3.05) is 0 Å². The van der Waals surface area contributed by atoms with Crippen LogP contribution in [0, 0.1) is 0 Å². The minimum absolute atomic E-state index is 0.243. The fourth-order valence-electron chi connectivity index (χ4n) is 2.18. The fourth-order valence-corrected chi connectivity index (χ4v) is 2.48. The minimum atomic E-state index is -0.646. The molecule has 23 heavy (non-hydrogen) atoms. The van der Waals surface area contributed by atoms with Crippen molar-refractivity contribution in [1.82, 2.24) is 10.6 Å². The van der Waals surface area contributed by atoms with Crippen molar-refractivity contribution in [2.24, 2.45) is 0 Å². The molecule has 2 aromatic rings. The average Bonchev–Trinajstić information content (AvgIpc) is 2.55. The van der Waals surface area contributed by atoms with Crippen molar-refractivity contribution < 1.29 is 9.59 Å². The van der Waals surface area contributed by atoms with E-state index in [0.717, 1.165) is 5.56 Å². The number of hydrogen-bond acceptors (Lipinski definition) is 2. The monoisotopic (exact) mass is 330 g/mol. The Balaban J connectivity index is 1.95. The second-order valence-electron chi connectivity index (χ2n) is 5.31. The molecule has 0 aliphatic rings. The van der Waals surface area contributed by atoms with Crippen LogP contribution < -0.4 is 10.6 Å². The van der Waals surface area contributed by atoms with Crippen molar-refractivity contribution in [3.63, 3.8) is 0 Å². The van der Waals surface area contributed by atoms with Gasteiger partial charge in [0.05, 0.1) is 6.04 Å². The topological polar surface area (TPSA) is 58.2 Å². The summed E-state index contributed by atoms with van der Waals surface area (Å²) in [5, 5.41) is 6.14. The fraction of sp³-hybridized carbons (Fsp3) is 0.222. The van der Waals surface area contributed by atoms with E-state index < -0.39 is 6.04 Å². The van der Waals surface area contributed by atoms with Gasteiger partial charge in [0.2, 0.25) is 5.91 Å². The van der Waals surface area contributed by atoms with Gasteiger partial charge in [-0.25, -0.2) is 0 Å². The van der Waals surface area contributed by atoms with E-state index >= 15 is 0 Å². The van der Waals surface area contributed by atoms with Crippen LogP contribution in [0.25, 0.3) is 0 Å². The third kappa shape index (κ3) is 4.57. The highest BCUT2D eigenvalue weighted by atomic mass is 35.5. The molecule has 2 rings (SSSR count). The van der Waals surface area contributed by atoms with Crippen LogP contribution in [0.2, 0.25) is 5.02 Å². The molecular weight excluding hydrogens is 312 g/mol. The number of carbonyl (C=O) groups excluding carboxylic acids is 2. The zero-order valence-corrected chi connectivity index (χ0v) is 13.8. The Morgan fingerprint density at radius 2 is 1.52 bits per heavy atom. The normalized spacial score (nSPS) is 13.0. The summed E-state index contributed by atoms with van der Waals surface area (Å²) in [6.45, 7) is 3.50. The molecule has 5 heteroatoms. The largest absolute Gasteiger partial charge is 0.348 e. The molecule has 4 nitrogen and oxygen atoms in total. The summed E-state index contributed by atoms with van der Waals surface area (Å²) in [6.07, 6.45) is 0. The summed E-state index contributed by atoms with van der Waals surface area (Å²) < 4.78 is 0. The molecule has 0 aliphatic heterocycles. The zero-order chi connectivity index (χ0) is 16.8. The Bertz CT molecular complexity index is 688. The first-order chi connectivity index (χ1) is 11.0. The van der Waals surface area contributed by atoms with Crippen LogP contribution in [0.3, 0.4) is 0 Å². The summed E-state index contributed by atoms with van der Waals surface area (Å²) in [5.74, 6) is -0.541. The molecule has 0 aromatic heterocycles. The molecule has 0 heterocycles. The van der Waals surface area contributed by atoms with Crippen LogP contribution in [0.15, 0.2) is 54.6 Å². The Morgan fingerprint density at radius 3 is 2.17 bits per heavy atom. The zero-order valence-electron chi connectivity index (χ0n) is 13.0. The summed E-state index contributed by atoms with van der Waals surface area (Å²) >= 11 is 6.13. The van der Waals surface area contributed by atoms with Gasteiger partial charge in [0.1, 0.15) is 6.04 Å². The lowest BCUT2D eigenvalue weighted by Gasteiger charge is -2.19. The summed E-state index contributed by atoms with van der Waals surface area (Å²) in [6, 6.07) is 15.2. The molecule has 0 saturated carbocycles. The standard InChI is InChI=1S/C18H19ClN2O2/c1-12(15-10-6-7-11-16(15)19)20-17(22)13(2)21-18(23)14-8-4-3-5-9-14/h3-13H,1-2H3,(H,20,22)(H,21,23). The van der Waals surface area contributed by atoms with Crippen LogP contribution in [0.5, 0.6) is 0 Å². The smallest absolute Gasteiger partial charge is 0.251 e. The second-order valence-corrected chi connectivity index (χ2v) is 5.72. The van der Waals surface area contributed by atoms with Gasteiger partial charge in [-0.3, -0.25) is 9.59 Å². The van der Waals surface area contributed by atoms with E-state index in [4.69, 9.17) is 11.6 Å². The lowest BCUT2D eigenvalue weighted by atomic mass is 10.1. The van der Waals surface area contributed by atoms with Crippen molar-refractivity contribution >= 4 is 23.4 Å². The van der Waals surface area contributed by atoms with Gasteiger partial charge in [-0.1, -0.05) is 48.0 Å². The highest BCUT2D eigenvalue weighted by Gasteiger charge is 2.19. The average molecular weight is 331 g/mol. The minimum Gasteiger partial charge on any atom is -0.348 e. The Morgan fingerprint density at radius 1 is 0.913 bits per heavy atom. The van der Waals surface area contributed by atoms with Gasteiger partial charge in [0.15, 0.2) is 0 Å². The third-order valence-electron chi connectivity index (χ3n) is 3.51. The Kier molecular flexibility index (Phi) is 5.77. The van der Waals surface area contributed by atoms with E-state index in [9.17, 15) is 9.59 Å². The number of hydrogen-bond donors (Lipinski definition) is 2. The van der Waals surface area contributed by atoms with Gasteiger partial charge >= 0.3 is 0 Å². The van der Waals surface area contributed by atoms with E-state index in [1.165, 1.54) is 0 Å². The molecule has 0 spiro atoms. The number of rotatable bonds is 5. The number of amides is 2. The highest BCUT2D eigenvalue weighted by Crippen LogP contribution is 2.22. The predicted octanol–water partition coefficient (Wildman–Crippen LogP) is 3.34. The predicted molar refractivity (Wildman–Crippen MR) is 91.4 cm³/mol. The molecule has 0 bridgehead atoms. The van der Waals surface area contributed by atoms with Crippen molar-refractivity contribution in [3.05, 3.63) is 70.7 Å². The molecule has 2 amide bonds. The van der Waals surface area contributed by atoms with Gasteiger partial charge < -0.3 is 10.6 Å². The maximum Gasteiger partial charge on any atom is 0.251 e. The molecule has 120 valence electrons. The first-order valence-corrected chi connectivity index (χ1v) is 7.77. The molecule has 2 N–H and O–H groups in total. The Hall–Kier alpha value is -2.33. The van der Waals surface area contributed by atoms with E-state index in [-0.39, 0.29) is 17.9 Å². The lowest BCUT2D eigenvalue weighted by molar-refractivity contribution is -0.123. The molecular formula is C18H19ClN2O2. The number of benzene rings is 2. The van der Waals surface area contributed by atoms with Crippen molar-refractivity contribution in [1.29, 1.82) is 0 Å². The first kappa shape index (κ1) is 17.0. The maximum atomic E-state index is 12.2. The molecule has 2 atom stereocenters. The lowest BCUT2D eigenvalue weighted by Crippen LogP contribution is -2.45. The molecule has 0 saturated heterocycles. The van der Waals surface area contributed by atoms with E-state index in [1.54, 1.807) is 37.3 Å². The molecule has 2 aromatic carbocycles. The maximum absolute atomic E-state index is 12.2. The van der Waals surface area contributed by atoms with Crippen molar-refractivity contribution in [2.45, 2.75) is 25.9 Å². The third-order valence-corrected chi connectivity index (χ3v) is 3.85. The molecule has 2 unspecified atom stereocenters. The summed E-state index contributed by atoms with van der Waals surface area (Å²) in [5.41, 5.74) is 1.36. The van der Waals surface area contributed by atoms with Gasteiger partial charge in [-0.15, -0.1) is 0 Å². The van der Waals surface area contributed by atoms with Crippen LogP contribution in [-0.4, -0.2) is 17.9 Å². The molecule has 0 radical (unpaired) electrons. The van der Waals surface area contributed by atoms with Crippen molar-refractivity contribution in [3.8, 4) is 0 Å². The highest BCUT2D eigenvalue weighted by molar-refractivity contribution is 6.31. The van der Waals surface area contributed by atoms with Gasteiger partial charge in [0, 0.05) is 10.6 Å². The molecule has 0 aliphatic carbocycles. The first-order valence-electron chi connectivity index (χ1n) is 7.39. The summed E-state index contributed by atoms with van der Waals surface area (Å²) in [7, 11) is 0. The number of carbonyl (C=O) groups is 2. The SMILES string of the molecule is CC(NC(=O)c1ccccc1)C(=O)NC(C)c1ccccc1Cl. The van der Waals surface area contributed by atoms with E-state index in [2.05, 4.69) is 10.6 Å². The van der Waals surface area contributed by atoms with E-state index in [1.807, 2.05) is 31.2 Å². The van der Waals surface area contributed by atoms with Gasteiger partial charge in [0.25, 0.3) is 5.91 Å². The second kappa shape index (κ2) is 7.79. The van der Waals surface area contributed by atoms with Crippen LogP contribution in [0.4, 0.5) is 0 Å². The Labute approximate surface area is 140 Å². The van der Waals surface area contributed by atoms with Crippen LogP contribution in [0.1, 0.15) is 35.8 Å². The van der Waals surface area contributed by atoms with Gasteiger partial charge in [-0.05, 0) is 37.6 Å². The number of halogens is 1. The number of nitrogens with one attached hydrogen (secondary N) is 2. The van der Waals surface area contributed by atoms with Crippen LogP contribution in [-0.2, 0) is 4.79 Å². The summed E-state index contributed by atoms with van der Waals surface area (Å²) in [4.78, 5) is 24.3. The van der Waals surface area contributed by atoms with E-state index in [0.29, 0.717) is 10.6 Å². The van der Waals surface area contributed by atoms with Crippen LogP contribution >= 0.6 is 11.6 Å².